The highest BCUT2D eigenvalue weighted by Crippen LogP contribution is 2.17. The Labute approximate surface area is 116 Å². The molecule has 0 fully saturated rings. The number of hydrogen-bond donors (Lipinski definition) is 3. The van der Waals surface area contributed by atoms with Gasteiger partial charge in [-0.05, 0) is 30.4 Å². The van der Waals surface area contributed by atoms with Crippen molar-refractivity contribution in [3.63, 3.8) is 0 Å². The standard InChI is InChI=1S/C11H17FN2O3S2/c12-10-3-2-9(13)8-11(10)19(16,17)14-4-7-18-6-1-5-15/h2-3,8,14-15H,1,4-7,13H2. The third-order valence-corrected chi connectivity index (χ3v) is 4.78. The maximum Gasteiger partial charge on any atom is 0.243 e. The van der Waals surface area contributed by atoms with Gasteiger partial charge in [-0.2, -0.15) is 11.8 Å². The summed E-state index contributed by atoms with van der Waals surface area (Å²) in [4.78, 5) is -0.437. The Morgan fingerprint density at radius 3 is 2.79 bits per heavy atom. The molecule has 0 heterocycles. The van der Waals surface area contributed by atoms with E-state index in [0.717, 1.165) is 17.9 Å². The van der Waals surface area contributed by atoms with Crippen LogP contribution < -0.4 is 10.5 Å². The van der Waals surface area contributed by atoms with E-state index in [1.165, 1.54) is 17.8 Å². The number of thioether (sulfide) groups is 1. The Balaban J connectivity index is 2.54. The summed E-state index contributed by atoms with van der Waals surface area (Å²) in [6.07, 6.45) is 0.668. The molecule has 1 rings (SSSR count). The van der Waals surface area contributed by atoms with E-state index in [4.69, 9.17) is 10.8 Å². The molecule has 0 aliphatic carbocycles. The zero-order chi connectivity index (χ0) is 14.3. The highest BCUT2D eigenvalue weighted by Gasteiger charge is 2.18. The number of nitrogen functional groups attached to an aromatic ring is 1. The summed E-state index contributed by atoms with van der Waals surface area (Å²) in [5.74, 6) is 0.489. The first-order valence-electron chi connectivity index (χ1n) is 5.70. The number of halogens is 1. The summed E-state index contributed by atoms with van der Waals surface area (Å²) in [5, 5.41) is 8.58. The maximum absolute atomic E-state index is 13.4. The van der Waals surface area contributed by atoms with E-state index < -0.39 is 20.7 Å². The number of aliphatic hydroxyl groups is 1. The zero-order valence-electron chi connectivity index (χ0n) is 10.3. The van der Waals surface area contributed by atoms with Crippen molar-refractivity contribution < 1.29 is 17.9 Å². The highest BCUT2D eigenvalue weighted by atomic mass is 32.2. The second kappa shape index (κ2) is 7.68. The van der Waals surface area contributed by atoms with Gasteiger partial charge in [-0.25, -0.2) is 17.5 Å². The van der Waals surface area contributed by atoms with Crippen LogP contribution in [0.4, 0.5) is 10.1 Å². The Bertz CT molecular complexity index is 509. The summed E-state index contributed by atoms with van der Waals surface area (Å²) in [6, 6.07) is 3.43. The smallest absolute Gasteiger partial charge is 0.243 e. The van der Waals surface area contributed by atoms with E-state index >= 15 is 0 Å². The average Bonchev–Trinajstić information content (AvgIpc) is 2.36. The molecule has 0 spiro atoms. The molecule has 0 bridgehead atoms. The minimum atomic E-state index is -3.87. The molecule has 0 amide bonds. The van der Waals surface area contributed by atoms with Gasteiger partial charge in [0.2, 0.25) is 10.0 Å². The van der Waals surface area contributed by atoms with Crippen LogP contribution in [0.3, 0.4) is 0 Å². The van der Waals surface area contributed by atoms with Crippen LogP contribution in [0, 0.1) is 5.82 Å². The third-order valence-electron chi connectivity index (χ3n) is 2.23. The van der Waals surface area contributed by atoms with Crippen LogP contribution >= 0.6 is 11.8 Å². The van der Waals surface area contributed by atoms with Crippen LogP contribution in [0.25, 0.3) is 0 Å². The Kier molecular flexibility index (Phi) is 6.56. The van der Waals surface area contributed by atoms with Crippen molar-refractivity contribution in [2.24, 2.45) is 0 Å². The van der Waals surface area contributed by atoms with E-state index in [0.29, 0.717) is 12.2 Å². The molecule has 0 radical (unpaired) electrons. The second-order valence-corrected chi connectivity index (χ2v) is 6.74. The quantitative estimate of drug-likeness (QED) is 0.488. The molecular formula is C11H17FN2O3S2. The summed E-state index contributed by atoms with van der Waals surface area (Å²) in [6.45, 7) is 0.319. The van der Waals surface area contributed by atoms with Gasteiger partial charge in [0.25, 0.3) is 0 Å². The van der Waals surface area contributed by atoms with Gasteiger partial charge >= 0.3 is 0 Å². The van der Waals surface area contributed by atoms with Gasteiger partial charge in [0.1, 0.15) is 10.7 Å². The lowest BCUT2D eigenvalue weighted by atomic mass is 10.3. The number of aliphatic hydroxyl groups excluding tert-OH is 1. The van der Waals surface area contributed by atoms with Crippen LogP contribution in [0.15, 0.2) is 23.1 Å². The van der Waals surface area contributed by atoms with E-state index in [1.807, 2.05) is 0 Å². The van der Waals surface area contributed by atoms with Gasteiger partial charge in [0, 0.05) is 24.6 Å². The van der Waals surface area contributed by atoms with E-state index in [1.54, 1.807) is 0 Å². The molecule has 5 nitrogen and oxygen atoms in total. The molecular weight excluding hydrogens is 291 g/mol. The molecule has 8 heteroatoms. The van der Waals surface area contributed by atoms with Crippen molar-refractivity contribution in [1.29, 1.82) is 0 Å². The van der Waals surface area contributed by atoms with Gasteiger partial charge in [-0.3, -0.25) is 0 Å². The van der Waals surface area contributed by atoms with Crippen LogP contribution in [-0.2, 0) is 10.0 Å². The van der Waals surface area contributed by atoms with Crippen LogP contribution in [0.2, 0.25) is 0 Å². The zero-order valence-corrected chi connectivity index (χ0v) is 11.9. The lowest BCUT2D eigenvalue weighted by molar-refractivity contribution is 0.296. The number of benzene rings is 1. The molecule has 0 aliphatic heterocycles. The monoisotopic (exact) mass is 308 g/mol. The topological polar surface area (TPSA) is 92.4 Å². The fraction of sp³-hybridized carbons (Fsp3) is 0.455. The normalized spacial score (nSPS) is 11.7. The minimum Gasteiger partial charge on any atom is -0.399 e. The molecule has 1 aromatic carbocycles. The lowest BCUT2D eigenvalue weighted by Crippen LogP contribution is -2.27. The maximum atomic E-state index is 13.4. The predicted molar refractivity (Wildman–Crippen MR) is 75.0 cm³/mol. The Morgan fingerprint density at radius 2 is 2.11 bits per heavy atom. The van der Waals surface area contributed by atoms with Crippen molar-refractivity contribution in [2.45, 2.75) is 11.3 Å². The summed E-state index contributed by atoms with van der Waals surface area (Å²) in [7, 11) is -3.87. The fourth-order valence-electron chi connectivity index (χ4n) is 1.32. The van der Waals surface area contributed by atoms with Crippen molar-refractivity contribution >= 4 is 27.5 Å². The van der Waals surface area contributed by atoms with Gasteiger partial charge in [-0.15, -0.1) is 0 Å². The third kappa shape index (κ3) is 5.35. The van der Waals surface area contributed by atoms with E-state index in [9.17, 15) is 12.8 Å². The number of nitrogens with two attached hydrogens (primary N) is 1. The summed E-state index contributed by atoms with van der Waals surface area (Å²) >= 11 is 1.52. The van der Waals surface area contributed by atoms with Crippen molar-refractivity contribution in [3.8, 4) is 0 Å². The molecule has 19 heavy (non-hydrogen) atoms. The molecule has 0 aliphatic rings. The van der Waals surface area contributed by atoms with Gasteiger partial charge < -0.3 is 10.8 Å². The number of nitrogens with one attached hydrogen (secondary N) is 1. The van der Waals surface area contributed by atoms with Crippen molar-refractivity contribution in [1.82, 2.24) is 4.72 Å². The molecule has 0 saturated heterocycles. The van der Waals surface area contributed by atoms with E-state index in [-0.39, 0.29) is 18.8 Å². The fourth-order valence-corrected chi connectivity index (χ4v) is 3.38. The molecule has 4 N–H and O–H groups in total. The number of sulfonamides is 1. The predicted octanol–water partition coefficient (Wildman–Crippen LogP) is 0.802. The summed E-state index contributed by atoms with van der Waals surface area (Å²) in [5.41, 5.74) is 5.64. The van der Waals surface area contributed by atoms with E-state index in [2.05, 4.69) is 4.72 Å². The highest BCUT2D eigenvalue weighted by molar-refractivity contribution is 7.99. The SMILES string of the molecule is Nc1ccc(F)c(S(=O)(=O)NCCSCCCO)c1. The number of anilines is 1. The number of hydrogen-bond acceptors (Lipinski definition) is 5. The molecule has 0 unspecified atom stereocenters. The first kappa shape index (κ1) is 16.2. The molecule has 0 atom stereocenters. The van der Waals surface area contributed by atoms with Crippen LogP contribution in [0.5, 0.6) is 0 Å². The van der Waals surface area contributed by atoms with Crippen LogP contribution in [-0.4, -0.2) is 38.2 Å². The molecule has 0 aromatic heterocycles. The van der Waals surface area contributed by atoms with Gasteiger partial charge in [0.05, 0.1) is 0 Å². The lowest BCUT2D eigenvalue weighted by Gasteiger charge is -2.08. The van der Waals surface area contributed by atoms with Gasteiger partial charge in [-0.1, -0.05) is 0 Å². The molecule has 0 saturated carbocycles. The van der Waals surface area contributed by atoms with Crippen molar-refractivity contribution in [3.05, 3.63) is 24.0 Å². The second-order valence-electron chi connectivity index (χ2n) is 3.78. The van der Waals surface area contributed by atoms with Crippen LogP contribution in [0.1, 0.15) is 6.42 Å². The summed E-state index contributed by atoms with van der Waals surface area (Å²) < 4.78 is 39.4. The Morgan fingerprint density at radius 1 is 1.37 bits per heavy atom. The van der Waals surface area contributed by atoms with Crippen molar-refractivity contribution in [2.75, 3.05) is 30.4 Å². The average molecular weight is 308 g/mol. The minimum absolute atomic E-state index is 0.118. The molecule has 108 valence electrons. The number of rotatable bonds is 8. The van der Waals surface area contributed by atoms with Gasteiger partial charge in [0.15, 0.2) is 0 Å². The molecule has 1 aromatic rings. The largest absolute Gasteiger partial charge is 0.399 e. The first-order valence-corrected chi connectivity index (χ1v) is 8.34. The Hall–Kier alpha value is -0.830. The first-order chi connectivity index (χ1) is 8.97.